The summed E-state index contributed by atoms with van der Waals surface area (Å²) < 4.78 is 5.13. The third kappa shape index (κ3) is 2.60. The molecule has 0 aliphatic rings. The van der Waals surface area contributed by atoms with Gasteiger partial charge in [-0.2, -0.15) is 0 Å². The van der Waals surface area contributed by atoms with Crippen LogP contribution < -0.4 is 11.1 Å². The molecule has 0 aliphatic heterocycles. The van der Waals surface area contributed by atoms with Gasteiger partial charge in [-0.15, -0.1) is 0 Å². The smallest absolute Gasteiger partial charge is 0.291 e. The van der Waals surface area contributed by atoms with Crippen molar-refractivity contribution in [3.05, 3.63) is 53.5 Å². The average Bonchev–Trinajstić information content (AvgIpc) is 2.76. The molecule has 2 rings (SSSR count). The van der Waals surface area contributed by atoms with Crippen molar-refractivity contribution in [3.63, 3.8) is 0 Å². The summed E-state index contributed by atoms with van der Waals surface area (Å²) in [6.45, 7) is 3.75. The normalized spacial score (nSPS) is 12.2. The predicted molar refractivity (Wildman–Crippen MR) is 70.4 cm³/mol. The van der Waals surface area contributed by atoms with Gasteiger partial charge >= 0.3 is 0 Å². The van der Waals surface area contributed by atoms with Crippen molar-refractivity contribution in [2.45, 2.75) is 19.9 Å². The fourth-order valence-corrected chi connectivity index (χ4v) is 1.66. The fraction of sp³-hybridized carbons (Fsp3) is 0.214. The second kappa shape index (κ2) is 5.06. The van der Waals surface area contributed by atoms with Gasteiger partial charge in [0.25, 0.3) is 5.91 Å². The first kappa shape index (κ1) is 12.4. The van der Waals surface area contributed by atoms with Gasteiger partial charge in [0.1, 0.15) is 0 Å². The van der Waals surface area contributed by atoms with Gasteiger partial charge in [-0.05, 0) is 37.6 Å². The lowest BCUT2D eigenvalue weighted by Gasteiger charge is -2.07. The number of amides is 1. The zero-order valence-electron chi connectivity index (χ0n) is 10.4. The van der Waals surface area contributed by atoms with E-state index in [2.05, 4.69) is 5.32 Å². The summed E-state index contributed by atoms with van der Waals surface area (Å²) in [5.74, 6) is 0.0947. The maximum atomic E-state index is 11.9. The minimum atomic E-state index is -0.244. The number of anilines is 1. The molecule has 4 heteroatoms. The number of nitrogens with two attached hydrogens (primary N) is 1. The highest BCUT2D eigenvalue weighted by molar-refractivity contribution is 6.03. The van der Waals surface area contributed by atoms with Gasteiger partial charge in [0.15, 0.2) is 5.76 Å². The van der Waals surface area contributed by atoms with E-state index in [0.717, 1.165) is 16.8 Å². The Balaban J connectivity index is 2.10. The molecule has 1 heterocycles. The lowest BCUT2D eigenvalue weighted by molar-refractivity contribution is 0.0996. The quantitative estimate of drug-likeness (QED) is 0.872. The molecular weight excluding hydrogens is 228 g/mol. The van der Waals surface area contributed by atoms with Crippen molar-refractivity contribution in [2.24, 2.45) is 5.73 Å². The number of nitrogens with one attached hydrogen (secondary N) is 1. The van der Waals surface area contributed by atoms with Gasteiger partial charge in [0.05, 0.1) is 6.26 Å². The van der Waals surface area contributed by atoms with Crippen LogP contribution in [0.2, 0.25) is 0 Å². The molecule has 0 aliphatic carbocycles. The van der Waals surface area contributed by atoms with E-state index >= 15 is 0 Å². The number of rotatable bonds is 3. The molecule has 1 aromatic carbocycles. The van der Waals surface area contributed by atoms with E-state index in [1.54, 1.807) is 6.07 Å². The molecule has 0 fully saturated rings. The van der Waals surface area contributed by atoms with Gasteiger partial charge in [-0.1, -0.05) is 12.1 Å². The largest absolute Gasteiger partial charge is 0.459 e. The number of hydrogen-bond acceptors (Lipinski definition) is 3. The Bertz CT molecular complexity index is 541. The topological polar surface area (TPSA) is 68.3 Å². The number of aryl methyl sites for hydroxylation is 1. The molecule has 1 atom stereocenters. The zero-order chi connectivity index (χ0) is 13.1. The molecular formula is C14H16N2O2. The van der Waals surface area contributed by atoms with Crippen LogP contribution in [0, 0.1) is 6.92 Å². The minimum Gasteiger partial charge on any atom is -0.459 e. The van der Waals surface area contributed by atoms with Crippen LogP contribution in [0.4, 0.5) is 5.69 Å². The number of furan rings is 1. The Morgan fingerprint density at radius 2 is 1.94 bits per heavy atom. The standard InChI is InChI=1S/C14H16N2O2/c1-9-7-8-18-13(9)14(17)16-12-5-3-11(4-6-12)10(2)15/h3-8,10H,15H2,1-2H3,(H,16,17). The summed E-state index contributed by atoms with van der Waals surface area (Å²) in [5, 5.41) is 2.78. The van der Waals surface area contributed by atoms with E-state index in [1.807, 2.05) is 38.1 Å². The van der Waals surface area contributed by atoms with Crippen molar-refractivity contribution >= 4 is 11.6 Å². The summed E-state index contributed by atoms with van der Waals surface area (Å²) in [6, 6.07) is 9.20. The molecule has 0 saturated heterocycles. The molecule has 1 unspecified atom stereocenters. The molecule has 4 nitrogen and oxygen atoms in total. The van der Waals surface area contributed by atoms with E-state index in [0.29, 0.717) is 5.76 Å². The number of hydrogen-bond donors (Lipinski definition) is 2. The summed E-state index contributed by atoms with van der Waals surface area (Å²) in [5.41, 5.74) is 8.33. The van der Waals surface area contributed by atoms with Crippen molar-refractivity contribution < 1.29 is 9.21 Å². The molecule has 1 aromatic heterocycles. The molecule has 94 valence electrons. The van der Waals surface area contributed by atoms with Crippen LogP contribution in [0.1, 0.15) is 34.6 Å². The molecule has 0 spiro atoms. The van der Waals surface area contributed by atoms with Gasteiger partial charge < -0.3 is 15.5 Å². The first-order chi connectivity index (χ1) is 8.58. The molecule has 0 bridgehead atoms. The number of carbonyl (C=O) groups excluding carboxylic acids is 1. The summed E-state index contributed by atoms with van der Waals surface area (Å²) in [7, 11) is 0. The third-order valence-electron chi connectivity index (χ3n) is 2.76. The average molecular weight is 244 g/mol. The van der Waals surface area contributed by atoms with E-state index in [-0.39, 0.29) is 11.9 Å². The van der Waals surface area contributed by atoms with Crippen LogP contribution in [0.15, 0.2) is 41.0 Å². The first-order valence-corrected chi connectivity index (χ1v) is 5.79. The maximum Gasteiger partial charge on any atom is 0.291 e. The molecule has 0 saturated carbocycles. The lowest BCUT2D eigenvalue weighted by Crippen LogP contribution is -2.12. The predicted octanol–water partition coefficient (Wildman–Crippen LogP) is 2.86. The molecule has 3 N–H and O–H groups in total. The molecule has 18 heavy (non-hydrogen) atoms. The SMILES string of the molecule is Cc1ccoc1C(=O)Nc1ccc(C(C)N)cc1. The molecule has 0 radical (unpaired) electrons. The first-order valence-electron chi connectivity index (χ1n) is 5.79. The fourth-order valence-electron chi connectivity index (χ4n) is 1.66. The highest BCUT2D eigenvalue weighted by Crippen LogP contribution is 2.16. The van der Waals surface area contributed by atoms with E-state index in [9.17, 15) is 4.79 Å². The Labute approximate surface area is 106 Å². The van der Waals surface area contributed by atoms with Crippen LogP contribution in [-0.4, -0.2) is 5.91 Å². The van der Waals surface area contributed by atoms with Gasteiger partial charge in [-0.3, -0.25) is 4.79 Å². The van der Waals surface area contributed by atoms with Crippen LogP contribution in [0.25, 0.3) is 0 Å². The summed E-state index contributed by atoms with van der Waals surface area (Å²) in [4.78, 5) is 11.9. The maximum absolute atomic E-state index is 11.9. The second-order valence-electron chi connectivity index (χ2n) is 4.30. The zero-order valence-corrected chi connectivity index (χ0v) is 10.4. The Kier molecular flexibility index (Phi) is 3.48. The van der Waals surface area contributed by atoms with Crippen molar-refractivity contribution in [2.75, 3.05) is 5.32 Å². The van der Waals surface area contributed by atoms with Crippen LogP contribution >= 0.6 is 0 Å². The number of carbonyl (C=O) groups is 1. The van der Waals surface area contributed by atoms with Crippen LogP contribution in [0.3, 0.4) is 0 Å². The highest BCUT2D eigenvalue weighted by atomic mass is 16.3. The van der Waals surface area contributed by atoms with Crippen molar-refractivity contribution in [3.8, 4) is 0 Å². The van der Waals surface area contributed by atoms with Gasteiger partial charge in [0, 0.05) is 17.3 Å². The molecule has 1 amide bonds. The van der Waals surface area contributed by atoms with E-state index in [4.69, 9.17) is 10.2 Å². The van der Waals surface area contributed by atoms with Crippen LogP contribution in [0.5, 0.6) is 0 Å². The van der Waals surface area contributed by atoms with E-state index < -0.39 is 0 Å². The van der Waals surface area contributed by atoms with Crippen LogP contribution in [-0.2, 0) is 0 Å². The second-order valence-corrected chi connectivity index (χ2v) is 4.30. The van der Waals surface area contributed by atoms with E-state index in [1.165, 1.54) is 6.26 Å². The van der Waals surface area contributed by atoms with Gasteiger partial charge in [0.2, 0.25) is 0 Å². The lowest BCUT2D eigenvalue weighted by atomic mass is 10.1. The monoisotopic (exact) mass is 244 g/mol. The molecule has 2 aromatic rings. The third-order valence-corrected chi connectivity index (χ3v) is 2.76. The van der Waals surface area contributed by atoms with Crippen molar-refractivity contribution in [1.29, 1.82) is 0 Å². The number of benzene rings is 1. The minimum absolute atomic E-state index is 0.0120. The summed E-state index contributed by atoms with van der Waals surface area (Å²) >= 11 is 0. The Morgan fingerprint density at radius 3 is 2.44 bits per heavy atom. The Hall–Kier alpha value is -2.07. The van der Waals surface area contributed by atoms with Gasteiger partial charge in [-0.25, -0.2) is 0 Å². The summed E-state index contributed by atoms with van der Waals surface area (Å²) in [6.07, 6.45) is 1.50. The highest BCUT2D eigenvalue weighted by Gasteiger charge is 2.12. The Morgan fingerprint density at radius 1 is 1.28 bits per heavy atom. The van der Waals surface area contributed by atoms with Crippen molar-refractivity contribution in [1.82, 2.24) is 0 Å².